The van der Waals surface area contributed by atoms with Crippen molar-refractivity contribution < 1.29 is 0 Å². The lowest BCUT2D eigenvalue weighted by Gasteiger charge is -2.23. The summed E-state index contributed by atoms with van der Waals surface area (Å²) in [4.78, 5) is 6.78. The maximum atomic E-state index is 6.03. The van der Waals surface area contributed by atoms with E-state index in [4.69, 9.17) is 5.73 Å². The van der Waals surface area contributed by atoms with Gasteiger partial charge in [-0.15, -0.1) is 0 Å². The molecule has 104 valence electrons. The Kier molecular flexibility index (Phi) is 4.10. The van der Waals surface area contributed by atoms with Gasteiger partial charge in [0.15, 0.2) is 0 Å². The SMILES string of the molecule is CCC(C)N(C)CCn1c(N)nc2ccc(C)cc21. The van der Waals surface area contributed by atoms with Crippen LogP contribution < -0.4 is 5.73 Å². The molecule has 4 heteroatoms. The van der Waals surface area contributed by atoms with Crippen LogP contribution in [0.25, 0.3) is 11.0 Å². The number of hydrogen-bond acceptors (Lipinski definition) is 3. The Labute approximate surface area is 115 Å². The monoisotopic (exact) mass is 260 g/mol. The number of nitrogen functional groups attached to an aromatic ring is 1. The van der Waals surface area contributed by atoms with E-state index in [9.17, 15) is 0 Å². The minimum Gasteiger partial charge on any atom is -0.369 e. The predicted molar refractivity (Wildman–Crippen MR) is 81.3 cm³/mol. The van der Waals surface area contributed by atoms with Crippen molar-refractivity contribution in [3.05, 3.63) is 23.8 Å². The summed E-state index contributed by atoms with van der Waals surface area (Å²) in [7, 11) is 2.16. The minimum atomic E-state index is 0.595. The van der Waals surface area contributed by atoms with Gasteiger partial charge >= 0.3 is 0 Å². The van der Waals surface area contributed by atoms with Gasteiger partial charge in [0.05, 0.1) is 11.0 Å². The summed E-state index contributed by atoms with van der Waals surface area (Å²) in [5.74, 6) is 0.609. The lowest BCUT2D eigenvalue weighted by molar-refractivity contribution is 0.244. The summed E-state index contributed by atoms with van der Waals surface area (Å²) in [5, 5.41) is 0. The molecule has 19 heavy (non-hydrogen) atoms. The van der Waals surface area contributed by atoms with Crippen molar-refractivity contribution in [1.82, 2.24) is 14.5 Å². The van der Waals surface area contributed by atoms with Gasteiger partial charge in [0.1, 0.15) is 0 Å². The van der Waals surface area contributed by atoms with E-state index in [-0.39, 0.29) is 0 Å². The van der Waals surface area contributed by atoms with Crippen LogP contribution >= 0.6 is 0 Å². The average molecular weight is 260 g/mol. The van der Waals surface area contributed by atoms with Crippen LogP contribution in [0.1, 0.15) is 25.8 Å². The van der Waals surface area contributed by atoms with Crippen LogP contribution in [0.2, 0.25) is 0 Å². The van der Waals surface area contributed by atoms with Gasteiger partial charge in [-0.2, -0.15) is 0 Å². The number of hydrogen-bond donors (Lipinski definition) is 1. The molecule has 0 aliphatic carbocycles. The second-order valence-corrected chi connectivity index (χ2v) is 5.35. The second kappa shape index (κ2) is 5.61. The maximum absolute atomic E-state index is 6.03. The second-order valence-electron chi connectivity index (χ2n) is 5.35. The summed E-state index contributed by atoms with van der Waals surface area (Å²) in [6.45, 7) is 8.43. The Bertz CT molecular complexity index is 559. The average Bonchev–Trinajstić information content (AvgIpc) is 2.70. The van der Waals surface area contributed by atoms with Crippen molar-refractivity contribution in [2.24, 2.45) is 0 Å². The molecule has 0 radical (unpaired) electrons. The predicted octanol–water partition coefficient (Wildman–Crippen LogP) is 2.66. The van der Waals surface area contributed by atoms with Crippen molar-refractivity contribution >= 4 is 17.0 Å². The number of fused-ring (bicyclic) bond motifs is 1. The highest BCUT2D eigenvalue weighted by molar-refractivity contribution is 5.79. The van der Waals surface area contributed by atoms with E-state index >= 15 is 0 Å². The molecule has 1 aromatic carbocycles. The van der Waals surface area contributed by atoms with Crippen LogP contribution in [0.3, 0.4) is 0 Å². The molecule has 1 heterocycles. The molecule has 0 aliphatic rings. The zero-order valence-corrected chi connectivity index (χ0v) is 12.3. The first-order valence-corrected chi connectivity index (χ1v) is 6.95. The summed E-state index contributed by atoms with van der Waals surface area (Å²) in [6.07, 6.45) is 1.16. The van der Waals surface area contributed by atoms with E-state index in [1.807, 2.05) is 6.07 Å². The van der Waals surface area contributed by atoms with Gasteiger partial charge in [0, 0.05) is 19.1 Å². The van der Waals surface area contributed by atoms with E-state index in [0.717, 1.165) is 30.5 Å². The first-order valence-electron chi connectivity index (χ1n) is 6.95. The summed E-state index contributed by atoms with van der Waals surface area (Å²) in [5.41, 5.74) is 9.39. The first kappa shape index (κ1) is 13.9. The fourth-order valence-electron chi connectivity index (χ4n) is 2.28. The summed E-state index contributed by atoms with van der Waals surface area (Å²) >= 11 is 0. The molecule has 0 amide bonds. The highest BCUT2D eigenvalue weighted by Gasteiger charge is 2.11. The van der Waals surface area contributed by atoms with Crippen molar-refractivity contribution in [2.75, 3.05) is 19.3 Å². The van der Waals surface area contributed by atoms with Crippen LogP contribution in [0.4, 0.5) is 5.95 Å². The summed E-state index contributed by atoms with van der Waals surface area (Å²) in [6, 6.07) is 6.86. The van der Waals surface area contributed by atoms with Crippen LogP contribution in [0.5, 0.6) is 0 Å². The van der Waals surface area contributed by atoms with Crippen LogP contribution in [-0.2, 0) is 6.54 Å². The highest BCUT2D eigenvalue weighted by Crippen LogP contribution is 2.19. The van der Waals surface area contributed by atoms with Crippen LogP contribution in [0, 0.1) is 6.92 Å². The first-order chi connectivity index (χ1) is 9.02. The van der Waals surface area contributed by atoms with Crippen molar-refractivity contribution in [3.63, 3.8) is 0 Å². The number of aryl methyl sites for hydroxylation is 1. The van der Waals surface area contributed by atoms with E-state index in [2.05, 4.69) is 54.4 Å². The number of aromatic nitrogens is 2. The third kappa shape index (κ3) is 2.89. The lowest BCUT2D eigenvalue weighted by atomic mass is 10.2. The van der Waals surface area contributed by atoms with Crippen LogP contribution in [-0.4, -0.2) is 34.1 Å². The summed E-state index contributed by atoms with van der Waals surface area (Å²) < 4.78 is 2.11. The largest absolute Gasteiger partial charge is 0.369 e. The van der Waals surface area contributed by atoms with Gasteiger partial charge in [-0.3, -0.25) is 0 Å². The van der Waals surface area contributed by atoms with E-state index in [1.165, 1.54) is 5.56 Å². The molecular weight excluding hydrogens is 236 g/mol. The fraction of sp³-hybridized carbons (Fsp3) is 0.533. The maximum Gasteiger partial charge on any atom is 0.201 e. The Morgan fingerprint density at radius 3 is 2.84 bits per heavy atom. The molecule has 0 bridgehead atoms. The topological polar surface area (TPSA) is 47.1 Å². The molecule has 0 fully saturated rings. The Morgan fingerprint density at radius 2 is 2.16 bits per heavy atom. The molecule has 0 aliphatic heterocycles. The van der Waals surface area contributed by atoms with Crippen molar-refractivity contribution in [3.8, 4) is 0 Å². The molecular formula is C15H24N4. The van der Waals surface area contributed by atoms with Gasteiger partial charge in [0.2, 0.25) is 5.95 Å². The normalized spacial score (nSPS) is 13.3. The molecule has 0 saturated heterocycles. The fourth-order valence-corrected chi connectivity index (χ4v) is 2.28. The molecule has 4 nitrogen and oxygen atoms in total. The number of nitrogens with zero attached hydrogens (tertiary/aromatic N) is 3. The Balaban J connectivity index is 2.20. The molecule has 0 spiro atoms. The van der Waals surface area contributed by atoms with Gasteiger partial charge in [-0.25, -0.2) is 4.98 Å². The number of anilines is 1. The number of nitrogens with two attached hydrogens (primary N) is 1. The molecule has 1 atom stereocenters. The third-order valence-corrected chi connectivity index (χ3v) is 3.95. The van der Waals surface area contributed by atoms with Gasteiger partial charge in [0.25, 0.3) is 0 Å². The Hall–Kier alpha value is -1.55. The van der Waals surface area contributed by atoms with Crippen molar-refractivity contribution in [1.29, 1.82) is 0 Å². The van der Waals surface area contributed by atoms with E-state index < -0.39 is 0 Å². The van der Waals surface area contributed by atoms with Gasteiger partial charge in [-0.1, -0.05) is 13.0 Å². The van der Waals surface area contributed by atoms with Gasteiger partial charge < -0.3 is 15.2 Å². The minimum absolute atomic E-state index is 0.595. The standard InChI is InChI=1S/C15H24N4/c1-5-12(3)18(4)8-9-19-14-10-11(2)6-7-13(14)17-15(19)16/h6-7,10,12H,5,8-9H2,1-4H3,(H2,16,17). The zero-order chi connectivity index (χ0) is 14.0. The van der Waals surface area contributed by atoms with Crippen molar-refractivity contribution in [2.45, 2.75) is 39.8 Å². The Morgan fingerprint density at radius 1 is 1.42 bits per heavy atom. The molecule has 2 N–H and O–H groups in total. The number of likely N-dealkylation sites (N-methyl/N-ethyl adjacent to an activating group) is 1. The molecule has 2 rings (SSSR count). The smallest absolute Gasteiger partial charge is 0.201 e. The molecule has 1 aromatic heterocycles. The van der Waals surface area contributed by atoms with Crippen LogP contribution in [0.15, 0.2) is 18.2 Å². The highest BCUT2D eigenvalue weighted by atomic mass is 15.2. The molecule has 2 aromatic rings. The number of imidazole rings is 1. The molecule has 1 unspecified atom stereocenters. The third-order valence-electron chi connectivity index (χ3n) is 3.95. The quantitative estimate of drug-likeness (QED) is 0.899. The number of benzene rings is 1. The number of rotatable bonds is 5. The zero-order valence-electron chi connectivity index (χ0n) is 12.3. The van der Waals surface area contributed by atoms with E-state index in [1.54, 1.807) is 0 Å². The lowest BCUT2D eigenvalue weighted by Crippen LogP contribution is -2.31. The van der Waals surface area contributed by atoms with Gasteiger partial charge in [-0.05, 0) is 45.0 Å². The molecule has 0 saturated carbocycles. The van der Waals surface area contributed by atoms with E-state index in [0.29, 0.717) is 12.0 Å².